The maximum absolute atomic E-state index is 13.9. The summed E-state index contributed by atoms with van der Waals surface area (Å²) in [5.41, 5.74) is -0.398. The maximum Gasteiger partial charge on any atom is 0.268 e. The molecule has 0 atom stereocenters. The minimum atomic E-state index is -4.99. The molecule has 1 N–H and O–H groups in total. The Labute approximate surface area is 139 Å². The van der Waals surface area contributed by atoms with Gasteiger partial charge in [0.25, 0.3) is 10.0 Å². The van der Waals surface area contributed by atoms with Gasteiger partial charge in [-0.1, -0.05) is 0 Å². The Kier molecular flexibility index (Phi) is 5.07. The van der Waals surface area contributed by atoms with Crippen LogP contribution in [0.25, 0.3) is 0 Å². The summed E-state index contributed by atoms with van der Waals surface area (Å²) < 4.78 is 103. The number of rotatable bonds is 5. The average Bonchev–Trinajstić information content (AvgIpc) is 2.55. The Hall–Kier alpha value is -2.56. The number of halogens is 5. The molecule has 0 aliphatic carbocycles. The summed E-state index contributed by atoms with van der Waals surface area (Å²) in [7, 11) is -3.08. The second kappa shape index (κ2) is 6.75. The van der Waals surface area contributed by atoms with Gasteiger partial charge in [-0.05, 0) is 12.1 Å². The average molecular weight is 383 g/mol. The van der Waals surface area contributed by atoms with Crippen molar-refractivity contribution in [3.63, 3.8) is 0 Å². The molecule has 0 spiro atoms. The molecule has 2 rings (SSSR count). The SMILES string of the molecule is COc1ccc(NS(=O)(=O)c2c(F)c(F)c(F)c(F)c2OC)cc1F. The normalized spacial score (nSPS) is 11.3. The van der Waals surface area contributed by atoms with Crippen LogP contribution >= 0.6 is 0 Å². The molecule has 0 amide bonds. The van der Waals surface area contributed by atoms with Crippen LogP contribution < -0.4 is 14.2 Å². The molecule has 0 heterocycles. The van der Waals surface area contributed by atoms with E-state index in [0.29, 0.717) is 6.07 Å². The molecule has 0 aromatic heterocycles. The predicted molar refractivity (Wildman–Crippen MR) is 76.6 cm³/mol. The molecule has 11 heteroatoms. The molecule has 5 nitrogen and oxygen atoms in total. The summed E-state index contributed by atoms with van der Waals surface area (Å²) >= 11 is 0. The monoisotopic (exact) mass is 383 g/mol. The van der Waals surface area contributed by atoms with E-state index in [1.54, 1.807) is 4.72 Å². The van der Waals surface area contributed by atoms with Crippen molar-refractivity contribution in [3.05, 3.63) is 47.3 Å². The van der Waals surface area contributed by atoms with Crippen molar-refractivity contribution in [2.45, 2.75) is 4.90 Å². The number of ether oxygens (including phenoxy) is 2. The molecule has 0 bridgehead atoms. The first kappa shape index (κ1) is 18.8. The van der Waals surface area contributed by atoms with E-state index in [9.17, 15) is 30.4 Å². The molecule has 0 aliphatic rings. The minimum absolute atomic E-state index is 0.203. The number of methoxy groups -OCH3 is 2. The number of benzene rings is 2. The van der Waals surface area contributed by atoms with E-state index in [-0.39, 0.29) is 5.75 Å². The van der Waals surface area contributed by atoms with E-state index in [2.05, 4.69) is 9.47 Å². The van der Waals surface area contributed by atoms with Crippen molar-refractivity contribution in [3.8, 4) is 11.5 Å². The van der Waals surface area contributed by atoms with Gasteiger partial charge >= 0.3 is 0 Å². The summed E-state index contributed by atoms with van der Waals surface area (Å²) in [5.74, 6) is -11.3. The Morgan fingerprint density at radius 1 is 0.880 bits per heavy atom. The molecule has 0 unspecified atom stereocenters. The summed E-state index contributed by atoms with van der Waals surface area (Å²) in [6, 6.07) is 2.81. The van der Waals surface area contributed by atoms with Crippen LogP contribution in [0.5, 0.6) is 11.5 Å². The summed E-state index contributed by atoms with van der Waals surface area (Å²) in [4.78, 5) is -1.59. The second-order valence-electron chi connectivity index (χ2n) is 4.57. The number of hydrogen-bond donors (Lipinski definition) is 1. The Balaban J connectivity index is 2.59. The van der Waals surface area contributed by atoms with E-state index >= 15 is 0 Å². The Morgan fingerprint density at radius 2 is 1.48 bits per heavy atom. The molecule has 0 saturated heterocycles. The third-order valence-electron chi connectivity index (χ3n) is 3.06. The van der Waals surface area contributed by atoms with Crippen molar-refractivity contribution < 1.29 is 39.8 Å². The van der Waals surface area contributed by atoms with Gasteiger partial charge < -0.3 is 9.47 Å². The molecule has 2 aromatic rings. The van der Waals surface area contributed by atoms with Crippen LogP contribution in [0.3, 0.4) is 0 Å². The highest BCUT2D eigenvalue weighted by Gasteiger charge is 2.34. The lowest BCUT2D eigenvalue weighted by Crippen LogP contribution is -2.18. The van der Waals surface area contributed by atoms with E-state index < -0.39 is 55.4 Å². The highest BCUT2D eigenvalue weighted by atomic mass is 32.2. The van der Waals surface area contributed by atoms with Crippen LogP contribution in [0.2, 0.25) is 0 Å². The molecule has 0 saturated carbocycles. The van der Waals surface area contributed by atoms with Gasteiger partial charge in [0.1, 0.15) is 0 Å². The minimum Gasteiger partial charge on any atom is -0.494 e. The Bertz CT molecular complexity index is 934. The van der Waals surface area contributed by atoms with Gasteiger partial charge in [0.05, 0.1) is 19.9 Å². The van der Waals surface area contributed by atoms with E-state index in [0.717, 1.165) is 19.2 Å². The number of sulfonamides is 1. The van der Waals surface area contributed by atoms with Crippen LogP contribution in [0, 0.1) is 29.1 Å². The lowest BCUT2D eigenvalue weighted by Gasteiger charge is -2.14. The van der Waals surface area contributed by atoms with Crippen LogP contribution in [0.15, 0.2) is 23.1 Å². The third kappa shape index (κ3) is 3.31. The number of nitrogens with one attached hydrogen (secondary N) is 1. The number of hydrogen-bond acceptors (Lipinski definition) is 4. The standard InChI is InChI=1S/C14H10F5NO4S/c1-23-8-4-3-6(5-7(8)15)20-25(21,22)14-12(19)10(17)9(16)11(18)13(14)24-2/h3-5,20H,1-2H3. The van der Waals surface area contributed by atoms with E-state index in [4.69, 9.17) is 0 Å². The lowest BCUT2D eigenvalue weighted by molar-refractivity contribution is 0.328. The summed E-state index contributed by atoms with van der Waals surface area (Å²) in [5, 5.41) is 0. The maximum atomic E-state index is 13.9. The van der Waals surface area contributed by atoms with Gasteiger partial charge in [0.2, 0.25) is 11.6 Å². The van der Waals surface area contributed by atoms with Gasteiger partial charge in [-0.2, -0.15) is 4.39 Å². The molecular formula is C14H10F5NO4S. The van der Waals surface area contributed by atoms with Crippen LogP contribution in [0.1, 0.15) is 0 Å². The first-order chi connectivity index (χ1) is 11.6. The molecular weight excluding hydrogens is 373 g/mol. The van der Waals surface area contributed by atoms with Gasteiger partial charge in [0.15, 0.2) is 33.8 Å². The van der Waals surface area contributed by atoms with Crippen molar-refractivity contribution in [1.29, 1.82) is 0 Å². The van der Waals surface area contributed by atoms with Gasteiger partial charge in [0, 0.05) is 6.07 Å². The van der Waals surface area contributed by atoms with E-state index in [1.807, 2.05) is 0 Å². The van der Waals surface area contributed by atoms with Gasteiger partial charge in [-0.3, -0.25) is 4.72 Å². The second-order valence-corrected chi connectivity index (χ2v) is 6.19. The fourth-order valence-corrected chi connectivity index (χ4v) is 3.23. The molecule has 2 aromatic carbocycles. The third-order valence-corrected chi connectivity index (χ3v) is 4.47. The summed E-state index contributed by atoms with van der Waals surface area (Å²) in [6.45, 7) is 0. The zero-order valence-electron chi connectivity index (χ0n) is 12.7. The van der Waals surface area contributed by atoms with Crippen molar-refractivity contribution in [2.24, 2.45) is 0 Å². The van der Waals surface area contributed by atoms with Crippen molar-refractivity contribution >= 4 is 15.7 Å². The van der Waals surface area contributed by atoms with Crippen LogP contribution in [-0.2, 0) is 10.0 Å². The quantitative estimate of drug-likeness (QED) is 0.489. The topological polar surface area (TPSA) is 64.6 Å². The van der Waals surface area contributed by atoms with Crippen molar-refractivity contribution in [1.82, 2.24) is 0 Å². The highest BCUT2D eigenvalue weighted by molar-refractivity contribution is 7.92. The molecule has 0 fully saturated rings. The summed E-state index contributed by atoms with van der Waals surface area (Å²) in [6.07, 6.45) is 0. The van der Waals surface area contributed by atoms with E-state index in [1.165, 1.54) is 7.11 Å². The fraction of sp³-hybridized carbons (Fsp3) is 0.143. The molecule has 0 aliphatic heterocycles. The largest absolute Gasteiger partial charge is 0.494 e. The fourth-order valence-electron chi connectivity index (χ4n) is 1.95. The van der Waals surface area contributed by atoms with Crippen molar-refractivity contribution in [2.75, 3.05) is 18.9 Å². The predicted octanol–water partition coefficient (Wildman–Crippen LogP) is 3.20. The van der Waals surface area contributed by atoms with Gasteiger partial charge in [-0.15, -0.1) is 0 Å². The van der Waals surface area contributed by atoms with Crippen LogP contribution in [-0.4, -0.2) is 22.6 Å². The zero-order valence-corrected chi connectivity index (χ0v) is 13.5. The lowest BCUT2D eigenvalue weighted by atomic mass is 10.3. The van der Waals surface area contributed by atoms with Crippen LogP contribution in [0.4, 0.5) is 27.6 Å². The number of anilines is 1. The molecule has 0 radical (unpaired) electrons. The Morgan fingerprint density at radius 3 is 2.00 bits per heavy atom. The smallest absolute Gasteiger partial charge is 0.268 e. The molecule has 136 valence electrons. The molecule has 25 heavy (non-hydrogen) atoms. The van der Waals surface area contributed by atoms with Gasteiger partial charge in [-0.25, -0.2) is 26.0 Å². The highest BCUT2D eigenvalue weighted by Crippen LogP contribution is 2.35. The zero-order chi connectivity index (χ0) is 18.9. The first-order valence-electron chi connectivity index (χ1n) is 6.40. The first-order valence-corrected chi connectivity index (χ1v) is 7.88.